The Morgan fingerprint density at radius 2 is 1.92 bits per heavy atom. The van der Waals surface area contributed by atoms with Crippen LogP contribution in [0.25, 0.3) is 0 Å². The van der Waals surface area contributed by atoms with E-state index in [-0.39, 0.29) is 0 Å². The first-order valence-corrected chi connectivity index (χ1v) is 7.58. The third-order valence-corrected chi connectivity index (χ3v) is 3.36. The van der Waals surface area contributed by atoms with Gasteiger partial charge in [0.05, 0.1) is 17.2 Å². The molecule has 0 bridgehead atoms. The minimum atomic E-state index is -0.964. The zero-order valence-electron chi connectivity index (χ0n) is 13.3. The van der Waals surface area contributed by atoms with Gasteiger partial charge >= 0.3 is 5.97 Å². The molecule has 1 aromatic heterocycles. The van der Waals surface area contributed by atoms with Gasteiger partial charge in [-0.3, -0.25) is 4.79 Å². The number of carbonyl (C=O) groups is 2. The molecule has 0 saturated carbocycles. The zero-order valence-corrected chi connectivity index (χ0v) is 14.0. The molecule has 2 rings (SSSR count). The fourth-order valence-corrected chi connectivity index (χ4v) is 1.98. The van der Waals surface area contributed by atoms with Crippen LogP contribution in [0.5, 0.6) is 0 Å². The van der Waals surface area contributed by atoms with Crippen LogP contribution in [0, 0.1) is 0 Å². The van der Waals surface area contributed by atoms with Crippen molar-refractivity contribution in [3.8, 4) is 0 Å². The van der Waals surface area contributed by atoms with Gasteiger partial charge in [0.15, 0.2) is 6.10 Å². The number of pyridine rings is 1. The van der Waals surface area contributed by atoms with Gasteiger partial charge in [-0.05, 0) is 36.8 Å². The summed E-state index contributed by atoms with van der Waals surface area (Å²) in [7, 11) is 1.60. The van der Waals surface area contributed by atoms with Crippen molar-refractivity contribution in [1.82, 2.24) is 4.98 Å². The number of ether oxygens (including phenoxy) is 2. The van der Waals surface area contributed by atoms with Crippen LogP contribution in [-0.2, 0) is 20.9 Å². The first kappa shape index (κ1) is 17.9. The summed E-state index contributed by atoms with van der Waals surface area (Å²) in [5.41, 5.74) is 1.30. The number of hydrogen-bond acceptors (Lipinski definition) is 5. The first-order valence-electron chi connectivity index (χ1n) is 7.21. The van der Waals surface area contributed by atoms with Gasteiger partial charge in [0.25, 0.3) is 5.91 Å². The second kappa shape index (κ2) is 8.42. The molecule has 0 aliphatic carbocycles. The van der Waals surface area contributed by atoms with E-state index < -0.39 is 18.0 Å². The number of carbonyl (C=O) groups excluding carboxylic acids is 2. The summed E-state index contributed by atoms with van der Waals surface area (Å²) in [6.07, 6.45) is 0.448. The molecule has 6 nitrogen and oxygen atoms in total. The number of methoxy groups -OCH3 is 1. The van der Waals surface area contributed by atoms with Crippen LogP contribution in [0.15, 0.2) is 42.6 Å². The Morgan fingerprint density at radius 3 is 2.50 bits per heavy atom. The second-order valence-electron chi connectivity index (χ2n) is 5.03. The van der Waals surface area contributed by atoms with Crippen LogP contribution in [0.4, 0.5) is 5.82 Å². The maximum atomic E-state index is 12.1. The number of rotatable bonds is 6. The molecule has 1 heterocycles. The van der Waals surface area contributed by atoms with Crippen molar-refractivity contribution >= 4 is 29.3 Å². The second-order valence-corrected chi connectivity index (χ2v) is 5.46. The maximum absolute atomic E-state index is 12.1. The van der Waals surface area contributed by atoms with E-state index in [1.165, 1.54) is 13.1 Å². The summed E-state index contributed by atoms with van der Waals surface area (Å²) in [6, 6.07) is 9.95. The summed E-state index contributed by atoms with van der Waals surface area (Å²) in [4.78, 5) is 28.0. The lowest BCUT2D eigenvalue weighted by atomic mass is 10.1. The smallest absolute Gasteiger partial charge is 0.338 e. The van der Waals surface area contributed by atoms with Gasteiger partial charge in [-0.15, -0.1) is 0 Å². The van der Waals surface area contributed by atoms with Crippen molar-refractivity contribution < 1.29 is 19.1 Å². The Labute approximate surface area is 144 Å². The molecule has 0 spiro atoms. The number of benzene rings is 1. The molecule has 0 aliphatic heterocycles. The lowest BCUT2D eigenvalue weighted by Gasteiger charge is -2.13. The third kappa shape index (κ3) is 5.04. The van der Waals surface area contributed by atoms with E-state index >= 15 is 0 Å². The highest BCUT2D eigenvalue weighted by Crippen LogP contribution is 2.11. The standard InChI is InChI=1S/C17H17ClN2O4/c1-11(16(21)20-15-8-7-14(18)9-19-15)24-17(22)13-5-3-12(4-6-13)10-23-2/h3-9,11H,10H2,1-2H3,(H,19,20,21)/t11-/m0/s1. The van der Waals surface area contributed by atoms with Crippen molar-refractivity contribution in [3.05, 3.63) is 58.7 Å². The average Bonchev–Trinajstić information content (AvgIpc) is 2.57. The van der Waals surface area contributed by atoms with E-state index in [1.807, 2.05) is 0 Å². The first-order chi connectivity index (χ1) is 11.5. The van der Waals surface area contributed by atoms with Crippen LogP contribution >= 0.6 is 11.6 Å². The highest BCUT2D eigenvalue weighted by molar-refractivity contribution is 6.30. The van der Waals surface area contributed by atoms with E-state index in [4.69, 9.17) is 21.1 Å². The van der Waals surface area contributed by atoms with Crippen LogP contribution in [0.2, 0.25) is 5.02 Å². The van der Waals surface area contributed by atoms with Crippen molar-refractivity contribution in [2.75, 3.05) is 12.4 Å². The fourth-order valence-electron chi connectivity index (χ4n) is 1.86. The van der Waals surface area contributed by atoms with E-state index in [0.29, 0.717) is 23.0 Å². The molecule has 0 aliphatic rings. The predicted octanol–water partition coefficient (Wildman–Crippen LogP) is 3.07. The number of hydrogen-bond donors (Lipinski definition) is 1. The molecule has 0 fully saturated rings. The van der Waals surface area contributed by atoms with E-state index in [9.17, 15) is 9.59 Å². The predicted molar refractivity (Wildman–Crippen MR) is 89.9 cm³/mol. The molecule has 1 amide bonds. The molecule has 1 atom stereocenters. The minimum absolute atomic E-state index is 0.330. The van der Waals surface area contributed by atoms with Crippen molar-refractivity contribution in [2.24, 2.45) is 0 Å². The van der Waals surface area contributed by atoms with Gasteiger partial charge in [-0.25, -0.2) is 9.78 Å². The van der Waals surface area contributed by atoms with Crippen molar-refractivity contribution in [2.45, 2.75) is 19.6 Å². The number of anilines is 1. The van der Waals surface area contributed by atoms with Gasteiger partial charge in [0, 0.05) is 13.3 Å². The monoisotopic (exact) mass is 348 g/mol. The largest absolute Gasteiger partial charge is 0.449 e. The number of esters is 1. The zero-order chi connectivity index (χ0) is 17.5. The van der Waals surface area contributed by atoms with Gasteiger partial charge in [-0.1, -0.05) is 23.7 Å². The molecule has 2 aromatic rings. The number of amides is 1. The molecule has 24 heavy (non-hydrogen) atoms. The summed E-state index contributed by atoms with van der Waals surface area (Å²) >= 11 is 5.73. The molecule has 7 heteroatoms. The Balaban J connectivity index is 1.92. The topological polar surface area (TPSA) is 77.5 Å². The van der Waals surface area contributed by atoms with Crippen molar-refractivity contribution in [3.63, 3.8) is 0 Å². The summed E-state index contributed by atoms with van der Waals surface area (Å²) in [6.45, 7) is 1.95. The third-order valence-electron chi connectivity index (χ3n) is 3.13. The lowest BCUT2D eigenvalue weighted by molar-refractivity contribution is -0.123. The molecule has 1 N–H and O–H groups in total. The Kier molecular flexibility index (Phi) is 6.28. The van der Waals surface area contributed by atoms with Gasteiger partial charge in [0.1, 0.15) is 5.82 Å². The summed E-state index contributed by atoms with van der Waals surface area (Å²) in [5, 5.41) is 3.01. The number of halogens is 1. The molecule has 0 saturated heterocycles. The van der Waals surface area contributed by atoms with Crippen LogP contribution in [0.3, 0.4) is 0 Å². The minimum Gasteiger partial charge on any atom is -0.449 e. The number of nitrogens with one attached hydrogen (secondary N) is 1. The fraction of sp³-hybridized carbons (Fsp3) is 0.235. The summed E-state index contributed by atoms with van der Waals surface area (Å²) < 4.78 is 10.2. The maximum Gasteiger partial charge on any atom is 0.338 e. The highest BCUT2D eigenvalue weighted by atomic mass is 35.5. The molecular formula is C17H17ClN2O4. The molecular weight excluding hydrogens is 332 g/mol. The van der Waals surface area contributed by atoms with E-state index in [1.54, 1.807) is 43.5 Å². The van der Waals surface area contributed by atoms with Gasteiger partial charge in [-0.2, -0.15) is 0 Å². The Bertz CT molecular complexity index is 702. The van der Waals surface area contributed by atoms with Crippen LogP contribution in [0.1, 0.15) is 22.8 Å². The lowest BCUT2D eigenvalue weighted by Crippen LogP contribution is -2.30. The quantitative estimate of drug-likeness (QED) is 0.812. The SMILES string of the molecule is COCc1ccc(C(=O)O[C@@H](C)C(=O)Nc2ccc(Cl)cn2)cc1. The Hall–Kier alpha value is -2.44. The molecule has 126 valence electrons. The molecule has 0 radical (unpaired) electrons. The molecule has 0 unspecified atom stereocenters. The Morgan fingerprint density at radius 1 is 1.21 bits per heavy atom. The number of aromatic nitrogens is 1. The van der Waals surface area contributed by atoms with E-state index in [2.05, 4.69) is 10.3 Å². The van der Waals surface area contributed by atoms with Crippen LogP contribution < -0.4 is 5.32 Å². The van der Waals surface area contributed by atoms with Gasteiger partial charge < -0.3 is 14.8 Å². The normalized spacial score (nSPS) is 11.6. The molecule has 1 aromatic carbocycles. The van der Waals surface area contributed by atoms with E-state index in [0.717, 1.165) is 5.56 Å². The van der Waals surface area contributed by atoms with Crippen LogP contribution in [-0.4, -0.2) is 30.1 Å². The number of nitrogens with zero attached hydrogens (tertiary/aromatic N) is 1. The van der Waals surface area contributed by atoms with Gasteiger partial charge in [0.2, 0.25) is 0 Å². The van der Waals surface area contributed by atoms with Crippen molar-refractivity contribution in [1.29, 1.82) is 0 Å². The summed E-state index contributed by atoms with van der Waals surface area (Å²) in [5.74, 6) is -0.726. The highest BCUT2D eigenvalue weighted by Gasteiger charge is 2.19. The average molecular weight is 349 g/mol.